The Hall–Kier alpha value is -1.12. The van der Waals surface area contributed by atoms with Crippen LogP contribution in [0.5, 0.6) is 0 Å². The maximum absolute atomic E-state index is 3.88. The van der Waals surface area contributed by atoms with E-state index in [0.717, 1.165) is 0 Å². The van der Waals surface area contributed by atoms with Crippen LogP contribution < -0.4 is 0 Å². The Kier molecular flexibility index (Phi) is 3.46. The summed E-state index contributed by atoms with van der Waals surface area (Å²) in [7, 11) is 0. The first kappa shape index (κ1) is 12.9. The van der Waals surface area contributed by atoms with Crippen molar-refractivity contribution >= 4 is 38.0 Å². The fourth-order valence-corrected chi connectivity index (χ4v) is 4.48. The number of aryl methyl sites for hydroxylation is 2. The minimum Gasteiger partial charge on any atom is -0.147 e. The average Bonchev–Trinajstić information content (AvgIpc) is 2.85. The Morgan fingerprint density at radius 3 is 2.32 bits per heavy atom. The zero-order valence-corrected chi connectivity index (χ0v) is 13.4. The van der Waals surface area contributed by atoms with Gasteiger partial charge in [0.2, 0.25) is 0 Å². The molecule has 19 heavy (non-hydrogen) atoms. The molecule has 0 amide bonds. The lowest BCUT2D eigenvalue weighted by Crippen LogP contribution is -1.94. The predicted molar refractivity (Wildman–Crippen MR) is 88.5 cm³/mol. The number of alkyl halides is 1. The molecule has 3 rings (SSSR count). The molecule has 3 aromatic rings. The van der Waals surface area contributed by atoms with Crippen molar-refractivity contribution in [2.45, 2.75) is 18.7 Å². The van der Waals surface area contributed by atoms with E-state index in [9.17, 15) is 0 Å². The van der Waals surface area contributed by atoms with Crippen LogP contribution in [0.3, 0.4) is 0 Å². The fourth-order valence-electron chi connectivity index (χ4n) is 2.48. The highest BCUT2D eigenvalue weighted by Crippen LogP contribution is 2.39. The molecule has 0 aliphatic rings. The zero-order valence-electron chi connectivity index (χ0n) is 11.0. The number of halogens is 1. The molecule has 0 nitrogen and oxygen atoms in total. The van der Waals surface area contributed by atoms with Crippen LogP contribution in [0.15, 0.2) is 47.8 Å². The van der Waals surface area contributed by atoms with Crippen molar-refractivity contribution < 1.29 is 0 Å². The van der Waals surface area contributed by atoms with Crippen LogP contribution in [0.4, 0.5) is 0 Å². The number of thiophene rings is 1. The van der Waals surface area contributed by atoms with Crippen molar-refractivity contribution in [3.05, 3.63) is 69.4 Å². The van der Waals surface area contributed by atoms with Crippen LogP contribution in [-0.4, -0.2) is 0 Å². The highest BCUT2D eigenvalue weighted by atomic mass is 79.9. The van der Waals surface area contributed by atoms with Crippen molar-refractivity contribution in [3.8, 4) is 0 Å². The van der Waals surface area contributed by atoms with E-state index in [0.29, 0.717) is 0 Å². The Labute approximate surface area is 126 Å². The second-order valence-corrected chi connectivity index (χ2v) is 6.71. The van der Waals surface area contributed by atoms with Gasteiger partial charge in [0.05, 0.1) is 4.83 Å². The van der Waals surface area contributed by atoms with E-state index < -0.39 is 0 Å². The first-order valence-electron chi connectivity index (χ1n) is 6.35. The van der Waals surface area contributed by atoms with Crippen LogP contribution in [0.2, 0.25) is 0 Å². The second-order valence-electron chi connectivity index (χ2n) is 4.85. The summed E-state index contributed by atoms with van der Waals surface area (Å²) in [6.07, 6.45) is 0. The quantitative estimate of drug-likeness (QED) is 0.505. The molecule has 0 N–H and O–H groups in total. The lowest BCUT2D eigenvalue weighted by molar-refractivity contribution is 1.21. The SMILES string of the molecule is Cc1ccsc1C(Br)c1ccc(C)c2ccccc12. The summed E-state index contributed by atoms with van der Waals surface area (Å²) in [4.78, 5) is 1.67. The van der Waals surface area contributed by atoms with Gasteiger partial charge in [0.25, 0.3) is 0 Å². The Bertz CT molecular complexity index is 727. The summed E-state index contributed by atoms with van der Waals surface area (Å²) in [5.74, 6) is 0. The molecule has 0 spiro atoms. The number of benzene rings is 2. The number of hydrogen-bond acceptors (Lipinski definition) is 1. The van der Waals surface area contributed by atoms with Crippen molar-refractivity contribution in [3.63, 3.8) is 0 Å². The first-order valence-corrected chi connectivity index (χ1v) is 8.14. The molecule has 0 bridgehead atoms. The third-order valence-electron chi connectivity index (χ3n) is 3.58. The molecule has 0 radical (unpaired) electrons. The van der Waals surface area contributed by atoms with Crippen molar-refractivity contribution in [1.82, 2.24) is 0 Å². The van der Waals surface area contributed by atoms with Gasteiger partial charge in [0.15, 0.2) is 0 Å². The van der Waals surface area contributed by atoms with Gasteiger partial charge in [-0.3, -0.25) is 0 Å². The van der Waals surface area contributed by atoms with E-state index in [2.05, 4.69) is 77.6 Å². The summed E-state index contributed by atoms with van der Waals surface area (Å²) < 4.78 is 0. The molecule has 1 atom stereocenters. The first-order chi connectivity index (χ1) is 9.18. The molecular weight excluding hydrogens is 316 g/mol. The lowest BCUT2D eigenvalue weighted by Gasteiger charge is -2.14. The molecule has 2 heteroatoms. The van der Waals surface area contributed by atoms with Gasteiger partial charge in [-0.2, -0.15) is 0 Å². The van der Waals surface area contributed by atoms with Crippen LogP contribution in [0.25, 0.3) is 10.8 Å². The second kappa shape index (κ2) is 5.10. The van der Waals surface area contributed by atoms with Crippen molar-refractivity contribution in [1.29, 1.82) is 0 Å². The summed E-state index contributed by atoms with van der Waals surface area (Å²) >= 11 is 5.70. The topological polar surface area (TPSA) is 0 Å². The minimum absolute atomic E-state index is 0.276. The van der Waals surface area contributed by atoms with Crippen LogP contribution >= 0.6 is 27.3 Å². The van der Waals surface area contributed by atoms with Crippen LogP contribution in [0, 0.1) is 13.8 Å². The predicted octanol–water partition coefficient (Wildman–Crippen LogP) is 6.00. The molecule has 2 aromatic carbocycles. The molecule has 96 valence electrons. The summed E-state index contributed by atoms with van der Waals surface area (Å²) in [6.45, 7) is 4.35. The van der Waals surface area contributed by atoms with Gasteiger partial charge in [-0.05, 0) is 52.8 Å². The van der Waals surface area contributed by atoms with Crippen LogP contribution in [0.1, 0.15) is 26.4 Å². The summed E-state index contributed by atoms with van der Waals surface area (Å²) in [5, 5.41) is 4.85. The lowest BCUT2D eigenvalue weighted by atomic mass is 9.97. The van der Waals surface area contributed by atoms with Gasteiger partial charge in [-0.25, -0.2) is 0 Å². The summed E-state index contributed by atoms with van der Waals surface area (Å²) in [6, 6.07) is 15.3. The van der Waals surface area contributed by atoms with Gasteiger partial charge in [0, 0.05) is 4.88 Å². The Balaban J connectivity index is 2.21. The maximum atomic E-state index is 3.88. The largest absolute Gasteiger partial charge is 0.147 e. The van der Waals surface area contributed by atoms with E-state index in [1.807, 2.05) is 11.3 Å². The smallest absolute Gasteiger partial charge is 0.0746 e. The monoisotopic (exact) mass is 330 g/mol. The van der Waals surface area contributed by atoms with Gasteiger partial charge >= 0.3 is 0 Å². The molecule has 1 heterocycles. The Morgan fingerprint density at radius 1 is 0.895 bits per heavy atom. The van der Waals surface area contributed by atoms with Crippen molar-refractivity contribution in [2.75, 3.05) is 0 Å². The molecule has 0 saturated heterocycles. The van der Waals surface area contributed by atoms with Gasteiger partial charge in [-0.1, -0.05) is 52.3 Å². The number of rotatable bonds is 2. The van der Waals surface area contributed by atoms with E-state index in [-0.39, 0.29) is 4.83 Å². The van der Waals surface area contributed by atoms with E-state index in [1.165, 1.54) is 32.3 Å². The van der Waals surface area contributed by atoms with Gasteiger partial charge in [0.1, 0.15) is 0 Å². The molecule has 1 unspecified atom stereocenters. The highest BCUT2D eigenvalue weighted by molar-refractivity contribution is 9.09. The third kappa shape index (κ3) is 2.24. The standard InChI is InChI=1S/C17H15BrS/c1-11-7-8-15(14-6-4-3-5-13(11)14)16(18)17-12(2)9-10-19-17/h3-10,16H,1-2H3. The molecule has 1 aromatic heterocycles. The van der Waals surface area contributed by atoms with Crippen LogP contribution in [-0.2, 0) is 0 Å². The third-order valence-corrected chi connectivity index (χ3v) is 5.92. The fraction of sp³-hybridized carbons (Fsp3) is 0.176. The molecule has 0 aliphatic carbocycles. The van der Waals surface area contributed by atoms with E-state index >= 15 is 0 Å². The normalized spacial score (nSPS) is 12.8. The number of hydrogen-bond donors (Lipinski definition) is 0. The van der Waals surface area contributed by atoms with Crippen molar-refractivity contribution in [2.24, 2.45) is 0 Å². The van der Waals surface area contributed by atoms with Gasteiger partial charge < -0.3 is 0 Å². The minimum atomic E-state index is 0.276. The average molecular weight is 331 g/mol. The maximum Gasteiger partial charge on any atom is 0.0746 e. The number of fused-ring (bicyclic) bond motifs is 1. The highest BCUT2D eigenvalue weighted by Gasteiger charge is 2.16. The molecule has 0 fully saturated rings. The molecular formula is C17H15BrS. The zero-order chi connectivity index (χ0) is 13.4. The van der Waals surface area contributed by atoms with Gasteiger partial charge in [-0.15, -0.1) is 11.3 Å². The summed E-state index contributed by atoms with van der Waals surface area (Å²) in [5.41, 5.74) is 4.05. The van der Waals surface area contributed by atoms with E-state index in [4.69, 9.17) is 0 Å². The van der Waals surface area contributed by atoms with E-state index in [1.54, 1.807) is 0 Å². The molecule has 0 saturated carbocycles. The Morgan fingerprint density at radius 2 is 1.63 bits per heavy atom. The molecule has 0 aliphatic heterocycles.